The van der Waals surface area contributed by atoms with Crippen molar-refractivity contribution >= 4 is 17.1 Å². The van der Waals surface area contributed by atoms with Crippen molar-refractivity contribution < 1.29 is 29.2 Å². The van der Waals surface area contributed by atoms with Crippen molar-refractivity contribution in [3.63, 3.8) is 0 Å². The summed E-state index contributed by atoms with van der Waals surface area (Å²) in [4.78, 5) is 24.7. The normalized spacial score (nSPS) is 20.8. The van der Waals surface area contributed by atoms with Crippen LogP contribution in [-0.2, 0) is 23.1 Å². The molecule has 0 amide bonds. The molecule has 3 atom stereocenters. The van der Waals surface area contributed by atoms with Gasteiger partial charge in [-0.15, -0.1) is 10.2 Å². The topological polar surface area (TPSA) is 181 Å². The first-order valence-corrected chi connectivity index (χ1v) is 11.0. The Morgan fingerprint density at radius 3 is 2.30 bits per heavy atom. The molecular weight excluding hydrogens is 490 g/mol. The highest BCUT2D eigenvalue weighted by Crippen LogP contribution is 2.47. The second kappa shape index (κ2) is 10.0. The van der Waals surface area contributed by atoms with Gasteiger partial charge in [0.05, 0.1) is 29.5 Å². The van der Waals surface area contributed by atoms with Crippen LogP contribution in [0.5, 0.6) is 5.75 Å². The number of anilines is 1. The van der Waals surface area contributed by atoms with Crippen LogP contribution < -0.4 is 9.64 Å². The van der Waals surface area contributed by atoms with E-state index < -0.39 is 33.9 Å². The molecule has 0 fully saturated rings. The van der Waals surface area contributed by atoms with Crippen LogP contribution in [0.15, 0.2) is 42.5 Å². The summed E-state index contributed by atoms with van der Waals surface area (Å²) in [7, 11) is 4.38. The number of methoxy groups -OCH3 is 2. The minimum atomic E-state index is -1.47. The third kappa shape index (κ3) is 4.78. The number of hydrogen-bond donors (Lipinski definition) is 1. The van der Waals surface area contributed by atoms with Crippen molar-refractivity contribution in [1.29, 1.82) is 0 Å². The predicted octanol–water partition coefficient (Wildman–Crippen LogP) is 1.91. The van der Waals surface area contributed by atoms with Gasteiger partial charge in [-0.1, -0.05) is 0 Å². The Morgan fingerprint density at radius 2 is 1.76 bits per heavy atom. The summed E-state index contributed by atoms with van der Waals surface area (Å²) >= 11 is 0. The Morgan fingerprint density at radius 1 is 1.14 bits per heavy atom. The van der Waals surface area contributed by atoms with Crippen LogP contribution in [-0.4, -0.2) is 67.4 Å². The van der Waals surface area contributed by atoms with Gasteiger partial charge in [-0.2, -0.15) is 4.80 Å². The van der Waals surface area contributed by atoms with Crippen LogP contribution in [0.25, 0.3) is 0 Å². The molecule has 2 aromatic carbocycles. The van der Waals surface area contributed by atoms with Crippen LogP contribution in [0.4, 0.5) is 17.1 Å². The lowest BCUT2D eigenvalue weighted by Crippen LogP contribution is -2.62. The van der Waals surface area contributed by atoms with Gasteiger partial charge >= 0.3 is 0 Å². The fourth-order valence-corrected chi connectivity index (χ4v) is 4.50. The summed E-state index contributed by atoms with van der Waals surface area (Å²) in [6.45, 7) is 1.59. The van der Waals surface area contributed by atoms with Gasteiger partial charge in [0, 0.05) is 49.7 Å². The fraction of sp³-hybridized carbons (Fsp3) is 0.409. The maximum Gasteiger partial charge on any atom is 0.270 e. The van der Waals surface area contributed by atoms with E-state index in [9.17, 15) is 25.3 Å². The first-order chi connectivity index (χ1) is 17.6. The van der Waals surface area contributed by atoms with Crippen LogP contribution in [0.2, 0.25) is 0 Å². The van der Waals surface area contributed by atoms with Gasteiger partial charge in [-0.3, -0.25) is 20.2 Å². The number of fused-ring (bicyclic) bond motifs is 1. The summed E-state index contributed by atoms with van der Waals surface area (Å²) < 4.78 is 17.0. The average Bonchev–Trinajstić information content (AvgIpc) is 3.29. The van der Waals surface area contributed by atoms with Crippen molar-refractivity contribution in [2.45, 2.75) is 37.5 Å². The van der Waals surface area contributed by atoms with Gasteiger partial charge < -0.3 is 24.2 Å². The molecule has 1 aliphatic heterocycles. The summed E-state index contributed by atoms with van der Waals surface area (Å²) in [5.41, 5.74) is -1.04. The van der Waals surface area contributed by atoms with Crippen LogP contribution in [0, 0.1) is 20.2 Å². The SMILES string of the molecule is COC(OC)[C@@]1(C)Oc2ccc([N+](=O)[O-])cc2C(N(Cc2nnn(C)n2)c2ccc([N+](=O)[O-])cc2)C1O. The van der Waals surface area contributed by atoms with Gasteiger partial charge in [0.2, 0.25) is 0 Å². The number of rotatable bonds is 9. The molecule has 37 heavy (non-hydrogen) atoms. The van der Waals surface area contributed by atoms with E-state index in [0.717, 1.165) is 0 Å². The monoisotopic (exact) mass is 515 g/mol. The van der Waals surface area contributed by atoms with E-state index in [2.05, 4.69) is 15.4 Å². The minimum Gasteiger partial charge on any atom is -0.479 e. The van der Waals surface area contributed by atoms with Crippen molar-refractivity contribution in [2.75, 3.05) is 19.1 Å². The second-order valence-corrected chi connectivity index (χ2v) is 8.55. The number of nitrogens with zero attached hydrogens (tertiary/aromatic N) is 7. The first-order valence-electron chi connectivity index (χ1n) is 11.0. The van der Waals surface area contributed by atoms with E-state index >= 15 is 0 Å². The third-order valence-electron chi connectivity index (χ3n) is 6.22. The molecule has 0 saturated heterocycles. The van der Waals surface area contributed by atoms with Crippen molar-refractivity contribution in [2.24, 2.45) is 7.05 Å². The summed E-state index contributed by atoms with van der Waals surface area (Å²) in [6, 6.07) is 8.73. The molecule has 0 saturated carbocycles. The summed E-state index contributed by atoms with van der Waals surface area (Å²) in [5, 5.41) is 46.7. The molecule has 15 heteroatoms. The summed E-state index contributed by atoms with van der Waals surface area (Å²) in [6.07, 6.45) is -2.40. The highest BCUT2D eigenvalue weighted by atomic mass is 16.7. The molecule has 1 aliphatic rings. The van der Waals surface area contributed by atoms with Crippen molar-refractivity contribution in [1.82, 2.24) is 20.2 Å². The van der Waals surface area contributed by atoms with Gasteiger partial charge in [0.15, 0.2) is 17.7 Å². The molecule has 2 unspecified atom stereocenters. The standard InChI is InChI=1S/C22H25N7O8/c1-22(21(35-3)36-4)20(30)19(16-11-15(29(33)34)9-10-17(16)37-22)27(12-18-23-25-26(2)24-18)13-5-7-14(8-6-13)28(31)32/h5-11,19-21,30H,12H2,1-4H3/t19?,20?,22-/m0/s1. The Hall–Kier alpha value is -4.21. The highest BCUT2D eigenvalue weighted by Gasteiger charge is 2.54. The molecular formula is C22H25N7O8. The number of tetrazole rings is 1. The maximum atomic E-state index is 11.8. The predicted molar refractivity (Wildman–Crippen MR) is 127 cm³/mol. The number of aryl methyl sites for hydroxylation is 1. The Labute approximate surface area is 210 Å². The van der Waals surface area contributed by atoms with E-state index in [-0.39, 0.29) is 29.5 Å². The number of hydrogen-bond acceptors (Lipinski definition) is 12. The minimum absolute atomic E-state index is 0.00375. The van der Waals surface area contributed by atoms with E-state index in [0.29, 0.717) is 11.3 Å². The molecule has 1 N–H and O–H groups in total. The van der Waals surface area contributed by atoms with Crippen LogP contribution in [0.1, 0.15) is 24.4 Å². The Kier molecular flexibility index (Phi) is 7.02. The zero-order valence-corrected chi connectivity index (χ0v) is 20.4. The molecule has 3 aromatic rings. The van der Waals surface area contributed by atoms with E-state index in [1.54, 1.807) is 18.9 Å². The zero-order chi connectivity index (χ0) is 26.9. The van der Waals surface area contributed by atoms with E-state index in [1.165, 1.54) is 61.5 Å². The zero-order valence-electron chi connectivity index (χ0n) is 20.4. The molecule has 2 heterocycles. The average molecular weight is 515 g/mol. The maximum absolute atomic E-state index is 11.8. The van der Waals surface area contributed by atoms with Crippen LogP contribution in [0.3, 0.4) is 0 Å². The fourth-order valence-electron chi connectivity index (χ4n) is 4.50. The number of nitro benzene ring substituents is 2. The van der Waals surface area contributed by atoms with Crippen molar-refractivity contribution in [3.05, 3.63) is 74.1 Å². The lowest BCUT2D eigenvalue weighted by Gasteiger charge is -2.49. The molecule has 1 aromatic heterocycles. The number of aliphatic hydroxyl groups is 1. The lowest BCUT2D eigenvalue weighted by atomic mass is 9.83. The number of ether oxygens (including phenoxy) is 3. The Bertz CT molecular complexity index is 1300. The van der Waals surface area contributed by atoms with Crippen molar-refractivity contribution in [3.8, 4) is 5.75 Å². The molecule has 0 radical (unpaired) electrons. The van der Waals surface area contributed by atoms with Gasteiger partial charge in [-0.25, -0.2) is 0 Å². The highest BCUT2D eigenvalue weighted by molar-refractivity contribution is 5.57. The smallest absolute Gasteiger partial charge is 0.270 e. The summed E-state index contributed by atoms with van der Waals surface area (Å²) in [5.74, 6) is 0.546. The van der Waals surface area contributed by atoms with Gasteiger partial charge in [-0.05, 0) is 30.3 Å². The first kappa shape index (κ1) is 25.9. The number of non-ortho nitro benzene ring substituents is 2. The van der Waals surface area contributed by atoms with Crippen LogP contribution >= 0.6 is 0 Å². The molecule has 4 rings (SSSR count). The number of nitro groups is 2. The Balaban J connectivity index is 1.92. The van der Waals surface area contributed by atoms with Gasteiger partial charge in [0.1, 0.15) is 11.9 Å². The second-order valence-electron chi connectivity index (χ2n) is 8.55. The molecule has 0 spiro atoms. The largest absolute Gasteiger partial charge is 0.479 e. The molecule has 0 aliphatic carbocycles. The molecule has 196 valence electrons. The molecule has 0 bridgehead atoms. The number of aliphatic hydroxyl groups excluding tert-OH is 1. The number of benzene rings is 2. The quantitative estimate of drug-likeness (QED) is 0.249. The van der Waals surface area contributed by atoms with Gasteiger partial charge in [0.25, 0.3) is 11.4 Å². The van der Waals surface area contributed by atoms with E-state index in [4.69, 9.17) is 14.2 Å². The van der Waals surface area contributed by atoms with E-state index in [1.807, 2.05) is 0 Å². The number of aromatic nitrogens is 4. The third-order valence-corrected chi connectivity index (χ3v) is 6.22. The lowest BCUT2D eigenvalue weighted by molar-refractivity contribution is -0.385. The molecule has 15 nitrogen and oxygen atoms in total.